The lowest BCUT2D eigenvalue weighted by Gasteiger charge is -2.30. The quantitative estimate of drug-likeness (QED) is 0.661. The fourth-order valence-electron chi connectivity index (χ4n) is 2.75. The number of allylic oxidation sites excluding steroid dienone is 1. The van der Waals surface area contributed by atoms with Crippen molar-refractivity contribution < 1.29 is 4.79 Å². The van der Waals surface area contributed by atoms with Crippen molar-refractivity contribution in [1.82, 2.24) is 0 Å². The number of ketones is 1. The third-order valence-corrected chi connectivity index (χ3v) is 3.87. The van der Waals surface area contributed by atoms with Crippen LogP contribution in [0.2, 0.25) is 0 Å². The second-order valence-corrected chi connectivity index (χ2v) is 6.35. The van der Waals surface area contributed by atoms with Crippen molar-refractivity contribution in [2.24, 2.45) is 11.3 Å². The summed E-state index contributed by atoms with van der Waals surface area (Å²) in [5.74, 6) is 0.219. The molecule has 0 saturated heterocycles. The molecule has 0 heterocycles. The number of fused-ring (bicyclic) bond motifs is 2. The van der Waals surface area contributed by atoms with Crippen molar-refractivity contribution in [3.05, 3.63) is 53.6 Å². The van der Waals surface area contributed by atoms with Crippen molar-refractivity contribution in [2.75, 3.05) is 0 Å². The molecule has 0 bridgehead atoms. The smallest absolute Gasteiger partial charge is 0.170 e. The van der Waals surface area contributed by atoms with E-state index in [1.54, 1.807) is 0 Å². The van der Waals surface area contributed by atoms with Gasteiger partial charge in [0.15, 0.2) is 5.78 Å². The van der Waals surface area contributed by atoms with Crippen LogP contribution < -0.4 is 0 Å². The van der Waals surface area contributed by atoms with E-state index in [1.807, 2.05) is 18.2 Å². The maximum Gasteiger partial charge on any atom is 0.170 e. The first-order chi connectivity index (χ1) is 8.97. The lowest BCUT2D eigenvalue weighted by Crippen LogP contribution is -2.29. The average molecular weight is 250 g/mol. The fourth-order valence-corrected chi connectivity index (χ4v) is 2.75. The van der Waals surface area contributed by atoms with Crippen LogP contribution >= 0.6 is 0 Å². The van der Waals surface area contributed by atoms with Gasteiger partial charge in [0.05, 0.1) is 0 Å². The second kappa shape index (κ2) is 4.06. The molecule has 1 atom stereocenters. The van der Waals surface area contributed by atoms with Crippen molar-refractivity contribution >= 4 is 22.6 Å². The van der Waals surface area contributed by atoms with Crippen LogP contribution in [0.4, 0.5) is 0 Å². The van der Waals surface area contributed by atoms with Gasteiger partial charge in [-0.15, -0.1) is 0 Å². The number of carbonyl (C=O) groups excluding carboxylic acids is 1. The first kappa shape index (κ1) is 12.2. The predicted molar refractivity (Wildman–Crippen MR) is 80.3 cm³/mol. The van der Waals surface area contributed by atoms with Crippen LogP contribution in [0.5, 0.6) is 0 Å². The summed E-state index contributed by atoms with van der Waals surface area (Å²) in [7, 11) is 0. The van der Waals surface area contributed by atoms with E-state index in [9.17, 15) is 4.79 Å². The molecule has 0 N–H and O–H groups in total. The summed E-state index contributed by atoms with van der Waals surface area (Å²) in [5.41, 5.74) is 1.88. The zero-order valence-electron chi connectivity index (χ0n) is 11.6. The van der Waals surface area contributed by atoms with Crippen LogP contribution in [0.3, 0.4) is 0 Å². The SMILES string of the molecule is CC(C)(C)C1C=Cc2cc3ccccc3cc2C1=O. The highest BCUT2D eigenvalue weighted by Crippen LogP contribution is 2.36. The number of carbonyl (C=O) groups is 1. The van der Waals surface area contributed by atoms with Gasteiger partial charge in [-0.05, 0) is 33.9 Å². The molecule has 2 aromatic rings. The minimum Gasteiger partial charge on any atom is -0.293 e. The van der Waals surface area contributed by atoms with Crippen molar-refractivity contribution in [3.8, 4) is 0 Å². The average Bonchev–Trinajstić information content (AvgIpc) is 2.36. The monoisotopic (exact) mass is 250 g/mol. The Labute approximate surface area is 113 Å². The minimum atomic E-state index is -0.0308. The lowest BCUT2D eigenvalue weighted by molar-refractivity contribution is 0.0868. The summed E-state index contributed by atoms with van der Waals surface area (Å²) in [6, 6.07) is 12.3. The molecule has 1 aliphatic rings. The molecule has 96 valence electrons. The topological polar surface area (TPSA) is 17.1 Å². The third kappa shape index (κ3) is 1.99. The molecule has 1 unspecified atom stereocenters. The number of rotatable bonds is 0. The Balaban J connectivity index is 2.19. The van der Waals surface area contributed by atoms with Gasteiger partial charge in [0, 0.05) is 11.5 Å². The van der Waals surface area contributed by atoms with E-state index in [0.29, 0.717) is 0 Å². The molecule has 0 aromatic heterocycles. The summed E-state index contributed by atoms with van der Waals surface area (Å²) in [5, 5.41) is 2.32. The molecule has 0 fully saturated rings. The van der Waals surface area contributed by atoms with E-state index < -0.39 is 0 Å². The number of benzene rings is 2. The van der Waals surface area contributed by atoms with Gasteiger partial charge in [0.25, 0.3) is 0 Å². The van der Waals surface area contributed by atoms with E-state index in [1.165, 1.54) is 5.39 Å². The Morgan fingerprint density at radius 1 is 1.00 bits per heavy atom. The molecule has 0 radical (unpaired) electrons. The Hall–Kier alpha value is -1.89. The molecule has 19 heavy (non-hydrogen) atoms. The normalized spacial score (nSPS) is 18.7. The van der Waals surface area contributed by atoms with Crippen LogP contribution in [-0.4, -0.2) is 5.78 Å². The van der Waals surface area contributed by atoms with E-state index in [-0.39, 0.29) is 17.1 Å². The zero-order valence-corrected chi connectivity index (χ0v) is 11.6. The standard InChI is InChI=1S/C18H18O/c1-18(2,3)16-9-8-14-10-12-6-4-5-7-13(12)11-15(14)17(16)19/h4-11,16H,1-3H3. The van der Waals surface area contributed by atoms with E-state index in [2.05, 4.69) is 51.1 Å². The van der Waals surface area contributed by atoms with Gasteiger partial charge in [-0.3, -0.25) is 4.79 Å². The van der Waals surface area contributed by atoms with Crippen molar-refractivity contribution in [1.29, 1.82) is 0 Å². The highest BCUT2D eigenvalue weighted by molar-refractivity contribution is 6.08. The summed E-state index contributed by atoms with van der Waals surface area (Å²) in [6.45, 7) is 6.35. The molecular formula is C18H18O. The molecule has 0 aliphatic heterocycles. The van der Waals surface area contributed by atoms with Crippen LogP contribution in [0.1, 0.15) is 36.7 Å². The maximum absolute atomic E-state index is 12.7. The highest BCUT2D eigenvalue weighted by atomic mass is 16.1. The maximum atomic E-state index is 12.7. The number of hydrogen-bond donors (Lipinski definition) is 0. The molecule has 1 aliphatic carbocycles. The third-order valence-electron chi connectivity index (χ3n) is 3.87. The Morgan fingerprint density at radius 3 is 2.26 bits per heavy atom. The molecule has 0 saturated carbocycles. The largest absolute Gasteiger partial charge is 0.293 e. The summed E-state index contributed by atoms with van der Waals surface area (Å²) in [4.78, 5) is 12.7. The molecule has 1 heteroatoms. The van der Waals surface area contributed by atoms with Gasteiger partial charge in [-0.25, -0.2) is 0 Å². The van der Waals surface area contributed by atoms with Crippen LogP contribution in [0.15, 0.2) is 42.5 Å². The molecule has 3 rings (SSSR count). The van der Waals surface area contributed by atoms with Crippen molar-refractivity contribution in [3.63, 3.8) is 0 Å². The zero-order chi connectivity index (χ0) is 13.6. The summed E-state index contributed by atoms with van der Waals surface area (Å²) < 4.78 is 0. The van der Waals surface area contributed by atoms with Gasteiger partial charge in [0.2, 0.25) is 0 Å². The summed E-state index contributed by atoms with van der Waals surface area (Å²) in [6.07, 6.45) is 4.15. The van der Waals surface area contributed by atoms with Crippen LogP contribution in [-0.2, 0) is 0 Å². The second-order valence-electron chi connectivity index (χ2n) is 6.35. The van der Waals surface area contributed by atoms with Crippen LogP contribution in [0.25, 0.3) is 16.8 Å². The van der Waals surface area contributed by atoms with E-state index in [0.717, 1.165) is 16.5 Å². The molecule has 0 amide bonds. The van der Waals surface area contributed by atoms with Crippen LogP contribution in [0, 0.1) is 11.3 Å². The lowest BCUT2D eigenvalue weighted by atomic mass is 9.73. The van der Waals surface area contributed by atoms with Gasteiger partial charge in [-0.1, -0.05) is 57.2 Å². The van der Waals surface area contributed by atoms with E-state index in [4.69, 9.17) is 0 Å². The molecule has 0 spiro atoms. The minimum absolute atomic E-state index is 0.0267. The Bertz CT molecular complexity index is 686. The molecule has 2 aromatic carbocycles. The summed E-state index contributed by atoms with van der Waals surface area (Å²) >= 11 is 0. The van der Waals surface area contributed by atoms with Gasteiger partial charge in [-0.2, -0.15) is 0 Å². The van der Waals surface area contributed by atoms with Gasteiger partial charge in [0.1, 0.15) is 0 Å². The first-order valence-electron chi connectivity index (χ1n) is 6.72. The van der Waals surface area contributed by atoms with Gasteiger partial charge < -0.3 is 0 Å². The fraction of sp³-hybridized carbons (Fsp3) is 0.278. The first-order valence-corrected chi connectivity index (χ1v) is 6.72. The highest BCUT2D eigenvalue weighted by Gasteiger charge is 2.32. The predicted octanol–water partition coefficient (Wildman–Crippen LogP) is 4.71. The number of hydrogen-bond acceptors (Lipinski definition) is 1. The molecule has 1 nitrogen and oxygen atoms in total. The molecular weight excluding hydrogens is 232 g/mol. The Kier molecular flexibility index (Phi) is 2.60. The number of Topliss-reactive ketones (excluding diaryl/α,β-unsaturated/α-hetero) is 1. The van der Waals surface area contributed by atoms with Crippen molar-refractivity contribution in [2.45, 2.75) is 20.8 Å². The van der Waals surface area contributed by atoms with E-state index >= 15 is 0 Å². The Morgan fingerprint density at radius 2 is 1.63 bits per heavy atom. The van der Waals surface area contributed by atoms with Gasteiger partial charge >= 0.3 is 0 Å².